The van der Waals surface area contributed by atoms with E-state index in [0.29, 0.717) is 11.7 Å². The van der Waals surface area contributed by atoms with Crippen molar-refractivity contribution in [1.82, 2.24) is 0 Å². The van der Waals surface area contributed by atoms with Gasteiger partial charge in [0.1, 0.15) is 5.78 Å². The zero-order valence-corrected chi connectivity index (χ0v) is 7.94. The second kappa shape index (κ2) is 4.44. The number of ketones is 1. The lowest BCUT2D eigenvalue weighted by molar-refractivity contribution is -0.119. The highest BCUT2D eigenvalue weighted by Crippen LogP contribution is 2.25. The van der Waals surface area contributed by atoms with E-state index in [2.05, 4.69) is 13.5 Å². The van der Waals surface area contributed by atoms with Crippen LogP contribution in [-0.2, 0) is 4.79 Å². The molecular formula is C11H18O. The van der Waals surface area contributed by atoms with Crippen LogP contribution in [0.15, 0.2) is 12.2 Å². The summed E-state index contributed by atoms with van der Waals surface area (Å²) in [4.78, 5) is 11.2. The Hall–Kier alpha value is -0.590. The summed E-state index contributed by atoms with van der Waals surface area (Å²) < 4.78 is 0. The fourth-order valence-electron chi connectivity index (χ4n) is 1.95. The predicted molar refractivity (Wildman–Crippen MR) is 51.0 cm³/mol. The Morgan fingerprint density at radius 3 is 3.00 bits per heavy atom. The molecule has 0 aromatic heterocycles. The smallest absolute Gasteiger partial charge is 0.133 e. The van der Waals surface area contributed by atoms with Gasteiger partial charge in [-0.2, -0.15) is 0 Å². The van der Waals surface area contributed by atoms with E-state index in [1.165, 1.54) is 18.4 Å². The van der Waals surface area contributed by atoms with Crippen LogP contribution in [0, 0.1) is 5.92 Å². The quantitative estimate of drug-likeness (QED) is 0.455. The maximum Gasteiger partial charge on any atom is 0.133 e. The molecule has 0 saturated heterocycles. The van der Waals surface area contributed by atoms with Gasteiger partial charge in [0.2, 0.25) is 0 Å². The third kappa shape index (κ3) is 3.21. The highest BCUT2D eigenvalue weighted by molar-refractivity contribution is 5.78. The lowest BCUT2D eigenvalue weighted by Crippen LogP contribution is -2.05. The lowest BCUT2D eigenvalue weighted by atomic mass is 9.93. The zero-order chi connectivity index (χ0) is 8.97. The lowest BCUT2D eigenvalue weighted by Gasteiger charge is -2.11. The van der Waals surface area contributed by atoms with Gasteiger partial charge in [-0.05, 0) is 32.1 Å². The van der Waals surface area contributed by atoms with E-state index in [4.69, 9.17) is 0 Å². The predicted octanol–water partition coefficient (Wildman–Crippen LogP) is 3.10. The Kier molecular flexibility index (Phi) is 3.51. The van der Waals surface area contributed by atoms with Crippen LogP contribution in [0.4, 0.5) is 0 Å². The molecule has 1 atom stereocenters. The summed E-state index contributed by atoms with van der Waals surface area (Å²) in [5.74, 6) is 1.05. The molecule has 0 aromatic rings. The molecule has 12 heavy (non-hydrogen) atoms. The molecule has 1 nitrogen and oxygen atoms in total. The number of Topliss-reactive ketones (excluding diaryl/α,β-unsaturated/α-hetero) is 1. The van der Waals surface area contributed by atoms with E-state index in [1.54, 1.807) is 0 Å². The molecule has 1 unspecified atom stereocenters. The Balaban J connectivity index is 2.41. The van der Waals surface area contributed by atoms with Crippen molar-refractivity contribution in [2.75, 3.05) is 0 Å². The van der Waals surface area contributed by atoms with Gasteiger partial charge in [-0.15, -0.1) is 6.58 Å². The molecule has 0 bridgehead atoms. The van der Waals surface area contributed by atoms with E-state index in [0.717, 1.165) is 25.7 Å². The molecular weight excluding hydrogens is 148 g/mol. The molecule has 68 valence electrons. The van der Waals surface area contributed by atoms with Crippen LogP contribution in [0.1, 0.15) is 45.4 Å². The standard InChI is InChI=1S/C11H18O/c1-9(2)7-10-5-3-4-6-11(12)8-10/h10H,1,3-8H2,2H3. The minimum Gasteiger partial charge on any atom is -0.300 e. The zero-order valence-electron chi connectivity index (χ0n) is 7.94. The molecule has 0 aromatic carbocycles. The summed E-state index contributed by atoms with van der Waals surface area (Å²) in [6, 6.07) is 0. The van der Waals surface area contributed by atoms with Crippen LogP contribution in [-0.4, -0.2) is 5.78 Å². The number of carbonyl (C=O) groups excluding carboxylic acids is 1. The Labute approximate surface area is 74.9 Å². The number of hydrogen-bond donors (Lipinski definition) is 0. The van der Waals surface area contributed by atoms with Gasteiger partial charge in [0, 0.05) is 12.8 Å². The van der Waals surface area contributed by atoms with Crippen molar-refractivity contribution in [2.45, 2.75) is 45.4 Å². The van der Waals surface area contributed by atoms with E-state index >= 15 is 0 Å². The Morgan fingerprint density at radius 2 is 2.33 bits per heavy atom. The highest BCUT2D eigenvalue weighted by Gasteiger charge is 2.17. The van der Waals surface area contributed by atoms with Crippen molar-refractivity contribution in [3.63, 3.8) is 0 Å². The number of hydrogen-bond acceptors (Lipinski definition) is 1. The molecule has 0 N–H and O–H groups in total. The SMILES string of the molecule is C=C(C)CC1CCCCC(=O)C1. The summed E-state index contributed by atoms with van der Waals surface area (Å²) in [7, 11) is 0. The number of carbonyl (C=O) groups is 1. The molecule has 0 spiro atoms. The molecule has 1 heteroatoms. The minimum atomic E-state index is 0.457. The van der Waals surface area contributed by atoms with Crippen molar-refractivity contribution in [3.8, 4) is 0 Å². The highest BCUT2D eigenvalue weighted by atomic mass is 16.1. The van der Waals surface area contributed by atoms with Crippen molar-refractivity contribution >= 4 is 5.78 Å². The van der Waals surface area contributed by atoms with Crippen molar-refractivity contribution < 1.29 is 4.79 Å². The van der Waals surface area contributed by atoms with E-state index in [1.807, 2.05) is 0 Å². The molecule has 1 fully saturated rings. The molecule has 0 aliphatic heterocycles. The average molecular weight is 166 g/mol. The van der Waals surface area contributed by atoms with Crippen molar-refractivity contribution in [1.29, 1.82) is 0 Å². The molecule has 1 aliphatic carbocycles. The minimum absolute atomic E-state index is 0.457. The summed E-state index contributed by atoms with van der Waals surface area (Å²) in [5.41, 5.74) is 1.22. The molecule has 1 rings (SSSR count). The fourth-order valence-corrected chi connectivity index (χ4v) is 1.95. The van der Waals surface area contributed by atoms with Crippen LogP contribution in [0.2, 0.25) is 0 Å². The molecule has 1 aliphatic rings. The second-order valence-electron chi connectivity index (χ2n) is 4.02. The van der Waals surface area contributed by atoms with Gasteiger partial charge in [0.15, 0.2) is 0 Å². The Bertz CT molecular complexity index is 181. The van der Waals surface area contributed by atoms with Crippen LogP contribution in [0.5, 0.6) is 0 Å². The summed E-state index contributed by atoms with van der Waals surface area (Å²) >= 11 is 0. The van der Waals surface area contributed by atoms with Gasteiger partial charge in [0.25, 0.3) is 0 Å². The van der Waals surface area contributed by atoms with E-state index in [-0.39, 0.29) is 0 Å². The molecule has 1 saturated carbocycles. The summed E-state index contributed by atoms with van der Waals surface area (Å²) in [6.07, 6.45) is 6.21. The first-order chi connectivity index (χ1) is 5.68. The van der Waals surface area contributed by atoms with Gasteiger partial charge in [-0.3, -0.25) is 4.79 Å². The normalized spacial score (nSPS) is 25.1. The second-order valence-corrected chi connectivity index (χ2v) is 4.02. The van der Waals surface area contributed by atoms with Crippen LogP contribution in [0.25, 0.3) is 0 Å². The van der Waals surface area contributed by atoms with E-state index in [9.17, 15) is 4.79 Å². The maximum absolute atomic E-state index is 11.2. The largest absolute Gasteiger partial charge is 0.300 e. The summed E-state index contributed by atoms with van der Waals surface area (Å²) in [6.45, 7) is 5.94. The van der Waals surface area contributed by atoms with Gasteiger partial charge in [-0.1, -0.05) is 12.0 Å². The third-order valence-electron chi connectivity index (χ3n) is 2.47. The van der Waals surface area contributed by atoms with Crippen LogP contribution in [0.3, 0.4) is 0 Å². The van der Waals surface area contributed by atoms with E-state index < -0.39 is 0 Å². The Morgan fingerprint density at radius 1 is 1.58 bits per heavy atom. The first-order valence-electron chi connectivity index (χ1n) is 4.84. The van der Waals surface area contributed by atoms with Crippen LogP contribution < -0.4 is 0 Å². The molecule has 0 radical (unpaired) electrons. The topological polar surface area (TPSA) is 17.1 Å². The van der Waals surface area contributed by atoms with Crippen molar-refractivity contribution in [2.24, 2.45) is 5.92 Å². The van der Waals surface area contributed by atoms with Crippen molar-refractivity contribution in [3.05, 3.63) is 12.2 Å². The van der Waals surface area contributed by atoms with Gasteiger partial charge >= 0.3 is 0 Å². The first-order valence-corrected chi connectivity index (χ1v) is 4.84. The number of allylic oxidation sites excluding steroid dienone is 1. The first kappa shape index (κ1) is 9.50. The van der Waals surface area contributed by atoms with Crippen LogP contribution >= 0.6 is 0 Å². The maximum atomic E-state index is 11.2. The monoisotopic (exact) mass is 166 g/mol. The van der Waals surface area contributed by atoms with Gasteiger partial charge in [0.05, 0.1) is 0 Å². The number of rotatable bonds is 2. The van der Waals surface area contributed by atoms with Gasteiger partial charge < -0.3 is 0 Å². The molecule has 0 heterocycles. The third-order valence-corrected chi connectivity index (χ3v) is 2.47. The molecule has 0 amide bonds. The summed E-state index contributed by atoms with van der Waals surface area (Å²) in [5, 5.41) is 0. The fraction of sp³-hybridized carbons (Fsp3) is 0.727. The van der Waals surface area contributed by atoms with Gasteiger partial charge in [-0.25, -0.2) is 0 Å². The average Bonchev–Trinajstić information content (AvgIpc) is 2.12.